The summed E-state index contributed by atoms with van der Waals surface area (Å²) in [5.41, 5.74) is 0. The van der Waals surface area contributed by atoms with Crippen LogP contribution in [0.2, 0.25) is 0 Å². The van der Waals surface area contributed by atoms with Gasteiger partial charge in [0, 0.05) is 29.6 Å². The van der Waals surface area contributed by atoms with Gasteiger partial charge in [-0.3, -0.25) is 0 Å². The van der Waals surface area contributed by atoms with Gasteiger partial charge in [-0.15, -0.1) is 0 Å². The van der Waals surface area contributed by atoms with E-state index in [1.54, 1.807) is 11.9 Å². The van der Waals surface area contributed by atoms with Crippen LogP contribution in [0.15, 0.2) is 35.0 Å². The van der Waals surface area contributed by atoms with Gasteiger partial charge in [-0.05, 0) is 0 Å². The Hall–Kier alpha value is -1.03. The lowest BCUT2D eigenvalue weighted by Gasteiger charge is -2.38. The van der Waals surface area contributed by atoms with E-state index in [1.807, 2.05) is 30.5 Å². The molecule has 1 heterocycles. The monoisotopic (exact) mass is 269 g/mol. The van der Waals surface area contributed by atoms with Gasteiger partial charge in [-0.2, -0.15) is 0 Å². The van der Waals surface area contributed by atoms with Gasteiger partial charge in [-0.1, -0.05) is 40.2 Å². The molecule has 0 aromatic heterocycles. The number of carboxylic acid groups (broad SMARTS) is 1. The maximum atomic E-state index is 11.2. The van der Waals surface area contributed by atoms with Crippen molar-refractivity contribution in [2.24, 2.45) is 11.8 Å². The SMILES string of the molecule is CN1C=C(Br)C2C=CC=CC2C1C(=O)O. The molecule has 2 aliphatic rings. The van der Waals surface area contributed by atoms with E-state index in [2.05, 4.69) is 15.9 Å². The van der Waals surface area contributed by atoms with E-state index in [0.717, 1.165) is 4.48 Å². The van der Waals surface area contributed by atoms with Crippen LogP contribution in [0.5, 0.6) is 0 Å². The first-order valence-corrected chi connectivity index (χ1v) is 5.57. The smallest absolute Gasteiger partial charge is 0.326 e. The Balaban J connectivity index is 2.39. The number of hydrogen-bond donors (Lipinski definition) is 1. The highest BCUT2D eigenvalue weighted by Crippen LogP contribution is 2.38. The minimum atomic E-state index is -0.774. The van der Waals surface area contributed by atoms with Gasteiger partial charge in [0.05, 0.1) is 0 Å². The van der Waals surface area contributed by atoms with Crippen LogP contribution in [-0.2, 0) is 4.79 Å². The zero-order valence-corrected chi connectivity index (χ0v) is 9.89. The number of fused-ring (bicyclic) bond motifs is 1. The largest absolute Gasteiger partial charge is 0.480 e. The predicted molar refractivity (Wildman–Crippen MR) is 61.5 cm³/mol. The molecule has 1 aliphatic carbocycles. The second kappa shape index (κ2) is 3.85. The molecule has 3 unspecified atom stereocenters. The van der Waals surface area contributed by atoms with E-state index in [1.165, 1.54) is 0 Å². The molecule has 0 bridgehead atoms. The lowest BCUT2D eigenvalue weighted by Crippen LogP contribution is -2.46. The van der Waals surface area contributed by atoms with Crippen LogP contribution in [0.4, 0.5) is 0 Å². The molecule has 0 radical (unpaired) electrons. The Morgan fingerprint density at radius 3 is 2.80 bits per heavy atom. The normalized spacial score (nSPS) is 33.6. The number of aliphatic carboxylic acids is 1. The third-order valence-corrected chi connectivity index (χ3v) is 3.61. The summed E-state index contributed by atoms with van der Waals surface area (Å²) in [6, 6.07) is -0.475. The zero-order chi connectivity index (χ0) is 11.0. The Labute approximate surface area is 96.9 Å². The van der Waals surface area contributed by atoms with Gasteiger partial charge >= 0.3 is 5.97 Å². The van der Waals surface area contributed by atoms with E-state index in [9.17, 15) is 9.90 Å². The molecule has 0 aromatic rings. The molecule has 1 N–H and O–H groups in total. The fourth-order valence-electron chi connectivity index (χ4n) is 2.17. The van der Waals surface area contributed by atoms with E-state index in [-0.39, 0.29) is 11.8 Å². The van der Waals surface area contributed by atoms with E-state index in [4.69, 9.17) is 0 Å². The van der Waals surface area contributed by atoms with Crippen LogP contribution in [-0.4, -0.2) is 29.1 Å². The topological polar surface area (TPSA) is 40.5 Å². The molecular formula is C11H12BrNO2. The molecule has 0 amide bonds. The molecule has 0 fully saturated rings. The van der Waals surface area contributed by atoms with Crippen LogP contribution < -0.4 is 0 Å². The third kappa shape index (κ3) is 1.74. The Morgan fingerprint density at radius 1 is 1.47 bits per heavy atom. The van der Waals surface area contributed by atoms with Crippen molar-refractivity contribution in [2.75, 3.05) is 7.05 Å². The summed E-state index contributed by atoms with van der Waals surface area (Å²) in [5.74, 6) is -0.604. The number of halogens is 1. The highest BCUT2D eigenvalue weighted by Gasteiger charge is 2.39. The van der Waals surface area contributed by atoms with E-state index in [0.29, 0.717) is 0 Å². The standard InChI is InChI=1S/C11H12BrNO2/c1-13-6-9(12)7-4-2-3-5-8(7)10(13)11(14)15/h2-8,10H,1H3,(H,14,15). The van der Waals surface area contributed by atoms with Gasteiger partial charge in [0.2, 0.25) is 0 Å². The summed E-state index contributed by atoms with van der Waals surface area (Å²) in [6.07, 6.45) is 9.73. The maximum Gasteiger partial charge on any atom is 0.326 e. The summed E-state index contributed by atoms with van der Waals surface area (Å²) in [5, 5.41) is 9.19. The predicted octanol–water partition coefficient (Wildman–Crippen LogP) is 1.98. The lowest BCUT2D eigenvalue weighted by atomic mass is 9.80. The van der Waals surface area contributed by atoms with Gasteiger partial charge in [0.15, 0.2) is 0 Å². The molecular weight excluding hydrogens is 258 g/mol. The Bertz CT molecular complexity index is 373. The first-order chi connectivity index (χ1) is 7.11. The zero-order valence-electron chi connectivity index (χ0n) is 8.30. The van der Waals surface area contributed by atoms with Crippen LogP contribution in [0.1, 0.15) is 0 Å². The number of likely N-dealkylation sites (N-methyl/N-ethyl adjacent to an activating group) is 1. The van der Waals surface area contributed by atoms with Gasteiger partial charge in [0.1, 0.15) is 6.04 Å². The highest BCUT2D eigenvalue weighted by atomic mass is 79.9. The van der Waals surface area contributed by atoms with Crippen LogP contribution >= 0.6 is 15.9 Å². The van der Waals surface area contributed by atoms with Crippen molar-refractivity contribution in [3.05, 3.63) is 35.0 Å². The molecule has 2 rings (SSSR count). The average Bonchev–Trinajstić information content (AvgIpc) is 2.17. The molecule has 0 saturated carbocycles. The maximum absolute atomic E-state index is 11.2. The molecule has 1 aliphatic heterocycles. The van der Waals surface area contributed by atoms with Crippen molar-refractivity contribution in [1.29, 1.82) is 0 Å². The molecule has 0 saturated heterocycles. The van der Waals surface area contributed by atoms with Crippen molar-refractivity contribution < 1.29 is 9.90 Å². The van der Waals surface area contributed by atoms with Crippen molar-refractivity contribution in [3.63, 3.8) is 0 Å². The van der Waals surface area contributed by atoms with Gasteiger partial charge in [-0.25, -0.2) is 4.79 Å². The number of carbonyl (C=O) groups is 1. The number of hydrogen-bond acceptors (Lipinski definition) is 2. The molecule has 4 heteroatoms. The summed E-state index contributed by atoms with van der Waals surface area (Å²) < 4.78 is 1.04. The van der Waals surface area contributed by atoms with Gasteiger partial charge < -0.3 is 10.0 Å². The fraction of sp³-hybridized carbons (Fsp3) is 0.364. The summed E-state index contributed by atoms with van der Waals surface area (Å²) >= 11 is 3.49. The number of rotatable bonds is 1. The lowest BCUT2D eigenvalue weighted by molar-refractivity contribution is -0.143. The van der Waals surface area contributed by atoms with Crippen LogP contribution in [0.25, 0.3) is 0 Å². The van der Waals surface area contributed by atoms with Crippen molar-refractivity contribution in [1.82, 2.24) is 4.90 Å². The third-order valence-electron chi connectivity index (χ3n) is 2.88. The average molecular weight is 270 g/mol. The molecule has 0 spiro atoms. The minimum Gasteiger partial charge on any atom is -0.480 e. The van der Waals surface area contributed by atoms with Crippen molar-refractivity contribution in [3.8, 4) is 0 Å². The molecule has 3 nitrogen and oxygen atoms in total. The summed E-state index contributed by atoms with van der Waals surface area (Å²) in [6.45, 7) is 0. The fourth-order valence-corrected chi connectivity index (χ4v) is 2.95. The molecule has 0 aromatic carbocycles. The van der Waals surface area contributed by atoms with Crippen LogP contribution in [0, 0.1) is 11.8 Å². The Kier molecular flexibility index (Phi) is 2.69. The second-order valence-corrected chi connectivity index (χ2v) is 4.75. The number of carboxylic acids is 1. The molecule has 3 atom stereocenters. The molecule has 80 valence electrons. The van der Waals surface area contributed by atoms with Crippen LogP contribution in [0.3, 0.4) is 0 Å². The quantitative estimate of drug-likeness (QED) is 0.792. The van der Waals surface area contributed by atoms with E-state index < -0.39 is 12.0 Å². The summed E-state index contributed by atoms with van der Waals surface area (Å²) in [7, 11) is 1.79. The first-order valence-electron chi connectivity index (χ1n) is 4.78. The van der Waals surface area contributed by atoms with E-state index >= 15 is 0 Å². The van der Waals surface area contributed by atoms with Crippen molar-refractivity contribution >= 4 is 21.9 Å². The summed E-state index contributed by atoms with van der Waals surface area (Å²) in [4.78, 5) is 12.9. The van der Waals surface area contributed by atoms with Crippen molar-refractivity contribution in [2.45, 2.75) is 6.04 Å². The van der Waals surface area contributed by atoms with Gasteiger partial charge in [0.25, 0.3) is 0 Å². The number of allylic oxidation sites excluding steroid dienone is 4. The first kappa shape index (κ1) is 10.5. The molecule has 15 heavy (non-hydrogen) atoms. The highest BCUT2D eigenvalue weighted by molar-refractivity contribution is 9.11. The minimum absolute atomic E-state index is 0.0110. The Morgan fingerprint density at radius 2 is 2.13 bits per heavy atom. The number of nitrogens with zero attached hydrogens (tertiary/aromatic N) is 1. The second-order valence-electron chi connectivity index (χ2n) is 3.84.